The topological polar surface area (TPSA) is 98.0 Å². The average molecular weight is 379 g/mol. The van der Waals surface area contributed by atoms with Crippen molar-refractivity contribution in [2.45, 2.75) is 31.9 Å². The van der Waals surface area contributed by atoms with Gasteiger partial charge in [-0.1, -0.05) is 5.16 Å². The molecule has 0 spiro atoms. The molecule has 0 fully saturated rings. The van der Waals surface area contributed by atoms with Gasteiger partial charge in [0, 0.05) is 22.9 Å². The Hall–Kier alpha value is -3.04. The van der Waals surface area contributed by atoms with E-state index in [1.54, 1.807) is 13.0 Å². The molecule has 142 valence electrons. The first-order chi connectivity index (χ1) is 12.7. The Balaban J connectivity index is 1.77. The molecule has 27 heavy (non-hydrogen) atoms. The molecule has 10 heteroatoms. The van der Waals surface area contributed by atoms with Crippen LogP contribution < -0.4 is 11.1 Å². The van der Waals surface area contributed by atoms with Crippen molar-refractivity contribution in [2.75, 3.05) is 11.9 Å². The van der Waals surface area contributed by atoms with Crippen molar-refractivity contribution in [2.24, 2.45) is 15.7 Å². The highest BCUT2D eigenvalue weighted by molar-refractivity contribution is 6.08. The van der Waals surface area contributed by atoms with E-state index in [4.69, 9.17) is 10.3 Å². The molecule has 1 atom stereocenters. The van der Waals surface area contributed by atoms with Crippen LogP contribution in [0.1, 0.15) is 29.5 Å². The minimum atomic E-state index is -3.44. The zero-order valence-electron chi connectivity index (χ0n) is 14.5. The van der Waals surface area contributed by atoms with Crippen LogP contribution in [-0.2, 0) is 16.8 Å². The summed E-state index contributed by atoms with van der Waals surface area (Å²) in [6, 6.07) is 3.76. The molecule has 0 aliphatic carbocycles. The van der Waals surface area contributed by atoms with Crippen LogP contribution in [0.3, 0.4) is 0 Å². The highest BCUT2D eigenvalue weighted by Crippen LogP contribution is 2.45. The fourth-order valence-electron chi connectivity index (χ4n) is 3.09. The van der Waals surface area contributed by atoms with E-state index in [1.165, 1.54) is 12.1 Å². The molecule has 0 radical (unpaired) electrons. The lowest BCUT2D eigenvalue weighted by molar-refractivity contribution is -0.117. The largest absolute Gasteiger partial charge is 0.459 e. The summed E-state index contributed by atoms with van der Waals surface area (Å²) >= 11 is 0. The summed E-state index contributed by atoms with van der Waals surface area (Å²) in [5.74, 6) is -3.25. The second-order valence-corrected chi connectivity index (χ2v) is 6.62. The van der Waals surface area contributed by atoms with E-state index in [0.717, 1.165) is 6.92 Å². The molecule has 1 aromatic heterocycles. The third-order valence-corrected chi connectivity index (χ3v) is 4.70. The van der Waals surface area contributed by atoms with Crippen molar-refractivity contribution >= 4 is 17.5 Å². The molecule has 0 bridgehead atoms. The molecule has 0 saturated carbocycles. The third kappa shape index (κ3) is 2.71. The summed E-state index contributed by atoms with van der Waals surface area (Å²) in [5.41, 5.74) is 4.42. The molecule has 0 saturated heterocycles. The van der Waals surface area contributed by atoms with E-state index >= 15 is 0 Å². The predicted molar refractivity (Wildman–Crippen MR) is 91.4 cm³/mol. The highest BCUT2D eigenvalue weighted by atomic mass is 19.3. The highest BCUT2D eigenvalue weighted by Gasteiger charge is 2.56. The van der Waals surface area contributed by atoms with E-state index in [1.807, 2.05) is 0 Å². The Morgan fingerprint density at radius 3 is 2.74 bits per heavy atom. The number of halogens is 3. The van der Waals surface area contributed by atoms with Crippen LogP contribution in [0.15, 0.2) is 32.7 Å². The van der Waals surface area contributed by atoms with E-state index in [9.17, 15) is 13.2 Å². The van der Waals surface area contributed by atoms with Gasteiger partial charge >= 0.3 is 5.92 Å². The number of amidine groups is 2. The molecular formula is C17H16F3N5O2. The normalized spacial score (nSPS) is 23.6. The van der Waals surface area contributed by atoms with Crippen LogP contribution in [0.25, 0.3) is 0 Å². The minimum absolute atomic E-state index is 0.169. The SMILES string of the molecule is Cc1cc(C2=NCc3cc(F)c([C@@]4(C)N=C(N)OCC4(F)F)cc3N2)no1. The van der Waals surface area contributed by atoms with Crippen LogP contribution in [-0.4, -0.2) is 29.5 Å². The van der Waals surface area contributed by atoms with Crippen molar-refractivity contribution in [3.63, 3.8) is 0 Å². The number of ether oxygens (including phenoxy) is 1. The molecule has 3 heterocycles. The van der Waals surface area contributed by atoms with E-state index < -0.39 is 29.9 Å². The van der Waals surface area contributed by atoms with Gasteiger partial charge in [0.2, 0.25) is 0 Å². The van der Waals surface area contributed by atoms with Gasteiger partial charge in [-0.3, -0.25) is 4.99 Å². The fourth-order valence-corrected chi connectivity index (χ4v) is 3.09. The van der Waals surface area contributed by atoms with Gasteiger partial charge in [-0.25, -0.2) is 9.38 Å². The number of nitrogens with two attached hydrogens (primary N) is 1. The summed E-state index contributed by atoms with van der Waals surface area (Å²) in [4.78, 5) is 8.02. The standard InChI is InChI=1S/C17H16F3N5O2/c1-8-3-13(25-27-8)14-22-6-9-4-11(18)10(5-12(9)23-14)16(2)17(19,20)7-26-15(21)24-16/h3-5H,6-7H2,1-2H3,(H2,21,24)(H,22,23)/t16-/m1/s1. The summed E-state index contributed by atoms with van der Waals surface area (Å²) < 4.78 is 53.5. The van der Waals surface area contributed by atoms with E-state index in [2.05, 4.69) is 25.2 Å². The maximum atomic E-state index is 14.7. The fraction of sp³-hybridized carbons (Fsp3) is 0.353. The van der Waals surface area contributed by atoms with Crippen LogP contribution in [0.2, 0.25) is 0 Å². The molecular weight excluding hydrogens is 363 g/mol. The molecule has 0 amide bonds. The number of aromatic nitrogens is 1. The Labute approximate surface area is 152 Å². The number of fused-ring (bicyclic) bond motifs is 1. The minimum Gasteiger partial charge on any atom is -0.459 e. The van der Waals surface area contributed by atoms with Gasteiger partial charge in [-0.15, -0.1) is 0 Å². The monoisotopic (exact) mass is 379 g/mol. The molecule has 2 aliphatic heterocycles. The predicted octanol–water partition coefficient (Wildman–Crippen LogP) is 2.69. The van der Waals surface area contributed by atoms with Crippen molar-refractivity contribution in [3.05, 3.63) is 46.6 Å². The number of nitrogens with zero attached hydrogens (tertiary/aromatic N) is 3. The molecule has 2 aromatic rings. The lowest BCUT2D eigenvalue weighted by atomic mass is 9.84. The van der Waals surface area contributed by atoms with Gasteiger partial charge in [0.15, 0.2) is 18.0 Å². The second kappa shape index (κ2) is 5.73. The Bertz CT molecular complexity index is 985. The smallest absolute Gasteiger partial charge is 0.310 e. The summed E-state index contributed by atoms with van der Waals surface area (Å²) in [7, 11) is 0. The van der Waals surface area contributed by atoms with Crippen molar-refractivity contribution in [1.82, 2.24) is 5.16 Å². The first kappa shape index (κ1) is 17.4. The van der Waals surface area contributed by atoms with Crippen LogP contribution in [0, 0.1) is 12.7 Å². The number of nitrogens with one attached hydrogen (secondary N) is 1. The van der Waals surface area contributed by atoms with Gasteiger partial charge in [0.05, 0.1) is 6.54 Å². The van der Waals surface area contributed by atoms with Gasteiger partial charge in [0.1, 0.15) is 17.3 Å². The van der Waals surface area contributed by atoms with Crippen LogP contribution in [0.5, 0.6) is 0 Å². The Kier molecular flexibility index (Phi) is 3.69. The van der Waals surface area contributed by atoms with E-state index in [-0.39, 0.29) is 12.1 Å². The number of rotatable bonds is 2. The number of hydrogen-bond donors (Lipinski definition) is 2. The molecule has 3 N–H and O–H groups in total. The Morgan fingerprint density at radius 1 is 1.26 bits per heavy atom. The van der Waals surface area contributed by atoms with Gasteiger partial charge in [-0.2, -0.15) is 8.78 Å². The molecule has 4 rings (SSSR count). The van der Waals surface area contributed by atoms with Gasteiger partial charge in [-0.05, 0) is 26.0 Å². The van der Waals surface area contributed by atoms with Crippen LogP contribution in [0.4, 0.5) is 18.9 Å². The van der Waals surface area contributed by atoms with E-state index in [0.29, 0.717) is 28.5 Å². The molecule has 0 unspecified atom stereocenters. The molecule has 1 aromatic carbocycles. The number of hydrogen-bond acceptors (Lipinski definition) is 7. The second-order valence-electron chi connectivity index (χ2n) is 6.62. The quantitative estimate of drug-likeness (QED) is 0.836. The number of aliphatic imine (C=N–C) groups is 2. The van der Waals surface area contributed by atoms with Crippen LogP contribution >= 0.6 is 0 Å². The van der Waals surface area contributed by atoms with Crippen molar-refractivity contribution in [1.29, 1.82) is 0 Å². The lowest BCUT2D eigenvalue weighted by Crippen LogP contribution is -2.51. The maximum absolute atomic E-state index is 14.7. The number of anilines is 1. The molecule has 7 nitrogen and oxygen atoms in total. The van der Waals surface area contributed by atoms with Crippen molar-refractivity contribution in [3.8, 4) is 0 Å². The van der Waals surface area contributed by atoms with Crippen molar-refractivity contribution < 1.29 is 22.4 Å². The maximum Gasteiger partial charge on any atom is 0.310 e. The first-order valence-corrected chi connectivity index (χ1v) is 8.13. The number of aryl methyl sites for hydroxylation is 1. The van der Waals surface area contributed by atoms with Gasteiger partial charge < -0.3 is 20.3 Å². The summed E-state index contributed by atoms with van der Waals surface area (Å²) in [6.07, 6.45) is 0. The number of benzene rings is 1. The third-order valence-electron chi connectivity index (χ3n) is 4.70. The number of alkyl halides is 2. The summed E-state index contributed by atoms with van der Waals surface area (Å²) in [5, 5.41) is 6.87. The summed E-state index contributed by atoms with van der Waals surface area (Å²) in [6.45, 7) is 2.06. The van der Waals surface area contributed by atoms with Gasteiger partial charge in [0.25, 0.3) is 6.02 Å². The first-order valence-electron chi connectivity index (χ1n) is 8.13. The average Bonchev–Trinajstić information content (AvgIpc) is 3.04. The Morgan fingerprint density at radius 2 is 2.04 bits per heavy atom. The zero-order chi connectivity index (χ0) is 19.4. The zero-order valence-corrected chi connectivity index (χ0v) is 14.5. The molecule has 2 aliphatic rings. The lowest BCUT2D eigenvalue weighted by Gasteiger charge is -2.38.